The van der Waals surface area contributed by atoms with Gasteiger partial charge < -0.3 is 4.40 Å². The van der Waals surface area contributed by atoms with Crippen molar-refractivity contribution in [3.63, 3.8) is 0 Å². The number of aromatic nitrogens is 1. The molecule has 0 spiro atoms. The molecular formula is C29H16N2. The van der Waals surface area contributed by atoms with E-state index in [1.54, 1.807) is 0 Å². The van der Waals surface area contributed by atoms with Crippen molar-refractivity contribution in [3.8, 4) is 17.2 Å². The summed E-state index contributed by atoms with van der Waals surface area (Å²) in [5, 5.41) is 14.6. The molecule has 0 fully saturated rings. The molecule has 0 atom stereocenters. The van der Waals surface area contributed by atoms with Gasteiger partial charge in [-0.3, -0.25) is 0 Å². The third-order valence-electron chi connectivity index (χ3n) is 6.57. The van der Waals surface area contributed by atoms with Crippen LogP contribution in [0.15, 0.2) is 97.1 Å². The molecule has 2 heteroatoms. The van der Waals surface area contributed by atoms with Crippen molar-refractivity contribution >= 4 is 32.8 Å². The maximum Gasteiger partial charge on any atom is 0.102 e. The van der Waals surface area contributed by atoms with Gasteiger partial charge in [-0.1, -0.05) is 91.0 Å². The second-order valence-electron chi connectivity index (χ2n) is 8.05. The Kier molecular flexibility index (Phi) is 3.10. The van der Waals surface area contributed by atoms with E-state index in [-0.39, 0.29) is 0 Å². The average Bonchev–Trinajstić information content (AvgIpc) is 3.45. The molecule has 6 aromatic rings. The monoisotopic (exact) mass is 392 g/mol. The number of rotatable bonds is 0. The minimum Gasteiger partial charge on any atom is -0.307 e. The van der Waals surface area contributed by atoms with E-state index in [1.165, 1.54) is 38.6 Å². The van der Waals surface area contributed by atoms with Crippen LogP contribution in [0.3, 0.4) is 0 Å². The molecule has 4 aromatic carbocycles. The van der Waals surface area contributed by atoms with E-state index in [4.69, 9.17) is 0 Å². The Labute approximate surface area is 178 Å². The number of nitrogens with zero attached hydrogens (tertiary/aromatic N) is 2. The second-order valence-corrected chi connectivity index (χ2v) is 8.05. The Balaban J connectivity index is 1.88. The SMILES string of the molecule is N#Cc1c2ccccc2n2c(=C3c4ccccc4-c4ccccc43)c3ccccc3c12. The highest BCUT2D eigenvalue weighted by Crippen LogP contribution is 2.43. The number of para-hydroxylation sites is 1. The van der Waals surface area contributed by atoms with Crippen LogP contribution in [0.5, 0.6) is 0 Å². The Hall–Kier alpha value is -4.35. The first kappa shape index (κ1) is 16.4. The molecule has 0 aliphatic heterocycles. The zero-order valence-corrected chi connectivity index (χ0v) is 16.6. The molecule has 0 saturated carbocycles. The number of fused-ring (bicyclic) bond motifs is 8. The normalized spacial score (nSPS) is 12.4. The largest absolute Gasteiger partial charge is 0.307 e. The van der Waals surface area contributed by atoms with E-state index >= 15 is 0 Å². The van der Waals surface area contributed by atoms with Crippen LogP contribution in [0.2, 0.25) is 0 Å². The number of hydrogen-bond donors (Lipinski definition) is 0. The lowest BCUT2D eigenvalue weighted by Crippen LogP contribution is -2.14. The molecule has 0 amide bonds. The van der Waals surface area contributed by atoms with Gasteiger partial charge in [0.05, 0.1) is 21.9 Å². The van der Waals surface area contributed by atoms with Crippen molar-refractivity contribution in [3.05, 3.63) is 119 Å². The summed E-state index contributed by atoms with van der Waals surface area (Å²) >= 11 is 0. The van der Waals surface area contributed by atoms with Crippen LogP contribution in [0.1, 0.15) is 16.7 Å². The van der Waals surface area contributed by atoms with Crippen LogP contribution in [0.25, 0.3) is 43.9 Å². The van der Waals surface area contributed by atoms with Gasteiger partial charge in [-0.05, 0) is 28.3 Å². The molecule has 2 nitrogen and oxygen atoms in total. The van der Waals surface area contributed by atoms with Gasteiger partial charge in [0.1, 0.15) is 6.07 Å². The maximum absolute atomic E-state index is 10.1. The highest BCUT2D eigenvalue weighted by atomic mass is 14.9. The summed E-state index contributed by atoms with van der Waals surface area (Å²) in [4.78, 5) is 0. The van der Waals surface area contributed by atoms with Crippen molar-refractivity contribution in [2.45, 2.75) is 0 Å². The second kappa shape index (κ2) is 5.84. The molecule has 0 saturated heterocycles. The first-order chi connectivity index (χ1) is 15.4. The summed E-state index contributed by atoms with van der Waals surface area (Å²) in [5.74, 6) is 0. The third kappa shape index (κ3) is 1.96. The number of hydrogen-bond acceptors (Lipinski definition) is 1. The Bertz CT molecular complexity index is 1740. The van der Waals surface area contributed by atoms with Crippen LogP contribution in [-0.4, -0.2) is 4.40 Å². The van der Waals surface area contributed by atoms with Gasteiger partial charge in [0.2, 0.25) is 0 Å². The molecule has 142 valence electrons. The van der Waals surface area contributed by atoms with E-state index in [0.717, 1.165) is 27.4 Å². The predicted molar refractivity (Wildman–Crippen MR) is 126 cm³/mol. The predicted octanol–water partition coefficient (Wildman–Crippen LogP) is 6.06. The summed E-state index contributed by atoms with van der Waals surface area (Å²) in [7, 11) is 0. The minimum atomic E-state index is 0.748. The summed E-state index contributed by atoms with van der Waals surface area (Å²) in [6, 6.07) is 36.5. The summed E-state index contributed by atoms with van der Waals surface area (Å²) in [6.07, 6.45) is 0. The fourth-order valence-corrected chi connectivity index (χ4v) is 5.38. The van der Waals surface area contributed by atoms with E-state index in [9.17, 15) is 5.26 Å². The fraction of sp³-hybridized carbons (Fsp3) is 0. The van der Waals surface area contributed by atoms with Crippen molar-refractivity contribution in [1.82, 2.24) is 4.40 Å². The lowest BCUT2D eigenvalue weighted by Gasteiger charge is -2.04. The maximum atomic E-state index is 10.1. The Morgan fingerprint density at radius 1 is 0.548 bits per heavy atom. The molecule has 1 aliphatic rings. The highest BCUT2D eigenvalue weighted by Gasteiger charge is 2.27. The standard InChI is InChI=1S/C29H16N2/c30-17-25-20-11-7-8-16-26(20)31-28(25)23-14-5-6-15-24(23)29(31)27-21-12-3-1-9-18(21)19-10-2-4-13-22(19)27/h1-16H. The van der Waals surface area contributed by atoms with Gasteiger partial charge >= 0.3 is 0 Å². The molecule has 0 bridgehead atoms. The van der Waals surface area contributed by atoms with Crippen LogP contribution in [-0.2, 0) is 0 Å². The topological polar surface area (TPSA) is 28.2 Å². The summed E-state index contributed by atoms with van der Waals surface area (Å²) in [6.45, 7) is 0. The van der Waals surface area contributed by atoms with Crippen LogP contribution in [0.4, 0.5) is 0 Å². The summed E-state index contributed by atoms with van der Waals surface area (Å²) < 4.78 is 2.31. The lowest BCUT2D eigenvalue weighted by atomic mass is 10.0. The van der Waals surface area contributed by atoms with E-state index < -0.39 is 0 Å². The van der Waals surface area contributed by atoms with Crippen LogP contribution < -0.4 is 5.35 Å². The van der Waals surface area contributed by atoms with Gasteiger partial charge in [-0.25, -0.2) is 0 Å². The lowest BCUT2D eigenvalue weighted by molar-refractivity contribution is 1.23. The molecule has 2 aromatic heterocycles. The molecule has 1 aliphatic carbocycles. The Morgan fingerprint density at radius 2 is 1.06 bits per heavy atom. The van der Waals surface area contributed by atoms with Gasteiger partial charge in [0.15, 0.2) is 0 Å². The van der Waals surface area contributed by atoms with Crippen molar-refractivity contribution in [1.29, 1.82) is 5.26 Å². The Morgan fingerprint density at radius 3 is 1.71 bits per heavy atom. The fourth-order valence-electron chi connectivity index (χ4n) is 5.38. The zero-order valence-electron chi connectivity index (χ0n) is 16.6. The van der Waals surface area contributed by atoms with E-state index in [0.29, 0.717) is 0 Å². The van der Waals surface area contributed by atoms with Crippen LogP contribution >= 0.6 is 0 Å². The number of benzene rings is 4. The molecular weight excluding hydrogens is 376 g/mol. The number of nitriles is 1. The molecule has 0 N–H and O–H groups in total. The van der Waals surface area contributed by atoms with Gasteiger partial charge in [0, 0.05) is 21.7 Å². The van der Waals surface area contributed by atoms with E-state index in [2.05, 4.69) is 101 Å². The molecule has 31 heavy (non-hydrogen) atoms. The van der Waals surface area contributed by atoms with Gasteiger partial charge in [-0.2, -0.15) is 5.26 Å². The minimum absolute atomic E-state index is 0.748. The average molecular weight is 392 g/mol. The van der Waals surface area contributed by atoms with Crippen LogP contribution in [0, 0.1) is 11.3 Å². The zero-order chi connectivity index (χ0) is 20.5. The third-order valence-corrected chi connectivity index (χ3v) is 6.57. The van der Waals surface area contributed by atoms with Gasteiger partial charge in [-0.15, -0.1) is 0 Å². The quantitative estimate of drug-likeness (QED) is 0.308. The molecule has 2 heterocycles. The molecule has 7 rings (SSSR count). The highest BCUT2D eigenvalue weighted by molar-refractivity contribution is 6.12. The van der Waals surface area contributed by atoms with Crippen molar-refractivity contribution in [2.24, 2.45) is 0 Å². The summed E-state index contributed by atoms with van der Waals surface area (Å²) in [5.41, 5.74) is 9.10. The van der Waals surface area contributed by atoms with E-state index in [1.807, 2.05) is 6.07 Å². The van der Waals surface area contributed by atoms with Crippen molar-refractivity contribution in [2.75, 3.05) is 0 Å². The van der Waals surface area contributed by atoms with Crippen molar-refractivity contribution < 1.29 is 0 Å². The van der Waals surface area contributed by atoms with Gasteiger partial charge in [0.25, 0.3) is 0 Å². The molecule has 0 radical (unpaired) electrons. The first-order valence-corrected chi connectivity index (χ1v) is 10.5. The molecule has 0 unspecified atom stereocenters. The smallest absolute Gasteiger partial charge is 0.102 e. The first-order valence-electron chi connectivity index (χ1n) is 10.5.